The van der Waals surface area contributed by atoms with Crippen LogP contribution < -0.4 is 5.32 Å². The molecule has 15 heteroatoms. The smallest absolute Gasteiger partial charge is 0.348 e. The molecule has 0 saturated carbocycles. The van der Waals surface area contributed by atoms with Gasteiger partial charge in [-0.1, -0.05) is 30.3 Å². The van der Waals surface area contributed by atoms with Gasteiger partial charge in [-0.05, 0) is 11.8 Å². The molecule has 0 aromatic heterocycles. The minimum absolute atomic E-state index is 0.122. The Hall–Kier alpha value is -3.69. The lowest BCUT2D eigenvalue weighted by Crippen LogP contribution is -2.68. The number of benzene rings is 1. The van der Waals surface area contributed by atoms with E-state index < -0.39 is 84.4 Å². The van der Waals surface area contributed by atoms with Gasteiger partial charge in [-0.3, -0.25) is 24.0 Å². The number of hydrogen-bond acceptors (Lipinski definition) is 14. The van der Waals surface area contributed by atoms with E-state index in [1.807, 2.05) is 30.3 Å². The molecule has 43 heavy (non-hydrogen) atoms. The van der Waals surface area contributed by atoms with Crippen molar-refractivity contribution in [2.75, 3.05) is 26.6 Å². The lowest BCUT2D eigenvalue weighted by molar-refractivity contribution is -0.224. The summed E-state index contributed by atoms with van der Waals surface area (Å²) in [5.41, 5.74) is 0.819. The summed E-state index contributed by atoms with van der Waals surface area (Å²) in [6.45, 7) is 3.54. The Labute approximate surface area is 253 Å². The molecule has 238 valence electrons. The van der Waals surface area contributed by atoms with Gasteiger partial charge in [0.25, 0.3) is 0 Å². The zero-order valence-corrected chi connectivity index (χ0v) is 25.6. The number of thioether (sulfide) groups is 1. The second-order valence-corrected chi connectivity index (χ2v) is 10.5. The molecular formula is C28H37NO13S. The number of amides is 1. The third-order valence-corrected chi connectivity index (χ3v) is 7.22. The predicted octanol–water partition coefficient (Wildman–Crippen LogP) is 1.07. The van der Waals surface area contributed by atoms with Crippen molar-refractivity contribution in [3.05, 3.63) is 35.9 Å². The van der Waals surface area contributed by atoms with Crippen molar-refractivity contribution in [1.82, 2.24) is 5.32 Å². The Kier molecular flexibility index (Phi) is 13.9. The zero-order valence-electron chi connectivity index (χ0n) is 24.8. The number of nitrogens with one attached hydrogen (secondary N) is 1. The second kappa shape index (κ2) is 16.8. The van der Waals surface area contributed by atoms with Crippen LogP contribution in [0.2, 0.25) is 0 Å². The van der Waals surface area contributed by atoms with Crippen LogP contribution in [0.15, 0.2) is 30.3 Å². The molecule has 0 aliphatic carbocycles. The minimum atomic E-state index is -1.81. The number of rotatable bonds is 14. The minimum Gasteiger partial charge on any atom is -0.466 e. The van der Waals surface area contributed by atoms with Gasteiger partial charge in [-0.15, -0.1) is 11.8 Å². The molecule has 1 amide bonds. The standard InChI is InChI=1S/C28H37NO13S/c1-16(30)38-14-22(40-18(3)32)25(41-19(4)33)26-24(29-23(34)15-37-13-20-10-8-7-9-11-20)21(39-17(2)31)12-28(42-26,43-6)27(35)36-5/h7-11,21-22,24-26H,12-15H2,1-6H3,(H,29,34)/t21-,22+,24+,25+,26+,28+/m0/s1. The molecule has 0 radical (unpaired) electrons. The summed E-state index contributed by atoms with van der Waals surface area (Å²) in [7, 11) is 1.13. The van der Waals surface area contributed by atoms with Gasteiger partial charge < -0.3 is 38.5 Å². The third kappa shape index (κ3) is 10.8. The maximum atomic E-state index is 13.1. The van der Waals surface area contributed by atoms with Crippen LogP contribution >= 0.6 is 11.8 Å². The molecule has 1 aromatic rings. The molecule has 1 saturated heterocycles. The van der Waals surface area contributed by atoms with Gasteiger partial charge in [0.05, 0.1) is 19.8 Å². The quantitative estimate of drug-likeness (QED) is 0.229. The predicted molar refractivity (Wildman–Crippen MR) is 149 cm³/mol. The first kappa shape index (κ1) is 35.5. The van der Waals surface area contributed by atoms with Crippen molar-refractivity contribution in [3.63, 3.8) is 0 Å². The molecule has 0 bridgehead atoms. The van der Waals surface area contributed by atoms with Crippen molar-refractivity contribution in [3.8, 4) is 0 Å². The van der Waals surface area contributed by atoms with Gasteiger partial charge in [0.2, 0.25) is 10.8 Å². The van der Waals surface area contributed by atoms with Gasteiger partial charge in [-0.25, -0.2) is 4.79 Å². The van der Waals surface area contributed by atoms with Gasteiger partial charge in [0.1, 0.15) is 25.4 Å². The van der Waals surface area contributed by atoms with Crippen LogP contribution in [0.5, 0.6) is 0 Å². The first-order valence-electron chi connectivity index (χ1n) is 13.2. The summed E-state index contributed by atoms with van der Waals surface area (Å²) in [5, 5.41) is 2.69. The third-order valence-electron chi connectivity index (χ3n) is 6.13. The SMILES string of the molecule is COC(=O)[C@]1(SC)C[C@H](OC(C)=O)[C@@H](NC(=O)COCc2ccccc2)[C@H]([C@H](OC(C)=O)[C@@H](COC(C)=O)OC(C)=O)O1. The number of carbonyl (C=O) groups excluding carboxylic acids is 6. The summed E-state index contributed by atoms with van der Waals surface area (Å²) >= 11 is 0.914. The molecule has 1 aliphatic rings. The first-order valence-corrected chi connectivity index (χ1v) is 14.4. The van der Waals surface area contributed by atoms with Crippen LogP contribution in [0.3, 0.4) is 0 Å². The maximum Gasteiger partial charge on any atom is 0.348 e. The molecule has 1 aliphatic heterocycles. The van der Waals surface area contributed by atoms with Crippen LogP contribution in [-0.2, 0) is 68.5 Å². The fourth-order valence-corrected chi connectivity index (χ4v) is 5.23. The Morgan fingerprint density at radius 2 is 1.63 bits per heavy atom. The van der Waals surface area contributed by atoms with E-state index in [1.165, 1.54) is 0 Å². The molecule has 0 spiro atoms. The Balaban J connectivity index is 2.55. The number of methoxy groups -OCH3 is 1. The molecule has 1 aromatic carbocycles. The van der Waals surface area contributed by atoms with Crippen LogP contribution in [0, 0.1) is 0 Å². The molecule has 0 unspecified atom stereocenters. The topological polar surface area (TPSA) is 179 Å². The summed E-state index contributed by atoms with van der Waals surface area (Å²) in [5.74, 6) is -4.66. The molecule has 2 rings (SSSR count). The fraction of sp³-hybridized carbons (Fsp3) is 0.571. The monoisotopic (exact) mass is 627 g/mol. The van der Waals surface area contributed by atoms with E-state index in [1.54, 1.807) is 6.26 Å². The molecule has 6 atom stereocenters. The zero-order chi connectivity index (χ0) is 32.2. The van der Waals surface area contributed by atoms with E-state index in [0.29, 0.717) is 0 Å². The number of carbonyl (C=O) groups is 6. The van der Waals surface area contributed by atoms with Crippen LogP contribution in [0.25, 0.3) is 0 Å². The highest BCUT2D eigenvalue weighted by atomic mass is 32.2. The lowest BCUT2D eigenvalue weighted by Gasteiger charge is -2.48. The largest absolute Gasteiger partial charge is 0.466 e. The summed E-state index contributed by atoms with van der Waals surface area (Å²) in [6.07, 6.45) is -4.51. The number of ether oxygens (including phenoxy) is 7. The van der Waals surface area contributed by atoms with E-state index in [9.17, 15) is 28.8 Å². The van der Waals surface area contributed by atoms with Gasteiger partial charge in [0.15, 0.2) is 12.2 Å². The van der Waals surface area contributed by atoms with E-state index in [2.05, 4.69) is 5.32 Å². The average Bonchev–Trinajstić information content (AvgIpc) is 2.94. The average molecular weight is 628 g/mol. The molecule has 1 heterocycles. The lowest BCUT2D eigenvalue weighted by atomic mass is 9.89. The van der Waals surface area contributed by atoms with Gasteiger partial charge >= 0.3 is 29.8 Å². The van der Waals surface area contributed by atoms with Crippen LogP contribution in [0.1, 0.15) is 39.7 Å². The van der Waals surface area contributed by atoms with Crippen molar-refractivity contribution in [1.29, 1.82) is 0 Å². The highest BCUT2D eigenvalue weighted by Crippen LogP contribution is 2.41. The van der Waals surface area contributed by atoms with Gasteiger partial charge in [0, 0.05) is 34.1 Å². The van der Waals surface area contributed by atoms with E-state index in [0.717, 1.165) is 52.1 Å². The number of hydrogen-bond donors (Lipinski definition) is 1. The van der Waals surface area contributed by atoms with Gasteiger partial charge in [-0.2, -0.15) is 0 Å². The van der Waals surface area contributed by atoms with Crippen molar-refractivity contribution < 1.29 is 61.9 Å². The number of esters is 5. The summed E-state index contributed by atoms with van der Waals surface area (Å²) in [6, 6.07) is 7.82. The molecule has 1 N–H and O–H groups in total. The van der Waals surface area contributed by atoms with Crippen molar-refractivity contribution in [2.24, 2.45) is 0 Å². The Bertz CT molecular complexity index is 1150. The molecule has 1 fully saturated rings. The first-order chi connectivity index (χ1) is 20.3. The van der Waals surface area contributed by atoms with Crippen molar-refractivity contribution >= 4 is 47.5 Å². The fourth-order valence-electron chi connectivity index (χ4n) is 4.44. The Morgan fingerprint density at radius 3 is 2.16 bits per heavy atom. The summed E-state index contributed by atoms with van der Waals surface area (Å²) in [4.78, 5) is 72.5. The normalized spacial score (nSPS) is 22.7. The molecular weight excluding hydrogens is 590 g/mol. The van der Waals surface area contributed by atoms with E-state index in [-0.39, 0.29) is 13.0 Å². The highest BCUT2D eigenvalue weighted by Gasteiger charge is 2.58. The van der Waals surface area contributed by atoms with E-state index in [4.69, 9.17) is 33.2 Å². The molecule has 14 nitrogen and oxygen atoms in total. The second-order valence-electron chi connectivity index (χ2n) is 9.48. The van der Waals surface area contributed by atoms with E-state index >= 15 is 0 Å². The van der Waals surface area contributed by atoms with Crippen molar-refractivity contribution in [2.45, 2.75) is 76.1 Å². The maximum absolute atomic E-state index is 13.1. The van der Waals surface area contributed by atoms with Crippen LogP contribution in [0.4, 0.5) is 0 Å². The van der Waals surface area contributed by atoms with Crippen LogP contribution in [-0.4, -0.2) is 97.7 Å². The highest BCUT2D eigenvalue weighted by molar-refractivity contribution is 8.00. The Morgan fingerprint density at radius 1 is 0.977 bits per heavy atom. The summed E-state index contributed by atoms with van der Waals surface area (Å²) < 4.78 is 38.2.